The molecule has 1 saturated carbocycles. The lowest BCUT2D eigenvalue weighted by Gasteiger charge is -2.07. The number of nitrogens with zero attached hydrogens (tertiary/aromatic N) is 2. The van der Waals surface area contributed by atoms with Crippen LogP contribution in [-0.4, -0.2) is 21.6 Å². The van der Waals surface area contributed by atoms with E-state index in [9.17, 15) is 4.79 Å². The number of hydrogen-bond donors (Lipinski definition) is 2. The molecule has 0 atom stereocenters. The molecule has 1 fully saturated rings. The number of nitrogens with one attached hydrogen (secondary N) is 1. The zero-order valence-electron chi connectivity index (χ0n) is 10.6. The Labute approximate surface area is 117 Å². The molecule has 0 unspecified atom stereocenters. The van der Waals surface area contributed by atoms with E-state index in [0.29, 0.717) is 11.0 Å². The summed E-state index contributed by atoms with van der Waals surface area (Å²) < 4.78 is 0. The Morgan fingerprint density at radius 3 is 2.56 bits per heavy atom. The predicted octanol–water partition coefficient (Wildman–Crippen LogP) is 2.29. The number of aromatic nitrogens is 2. The Bertz CT molecular complexity index is 415. The highest BCUT2D eigenvalue weighted by Crippen LogP contribution is 2.34. The van der Waals surface area contributed by atoms with E-state index in [0.717, 1.165) is 30.7 Å². The molecule has 102 valence electrons. The van der Waals surface area contributed by atoms with Gasteiger partial charge in [-0.3, -0.25) is 10.1 Å². The van der Waals surface area contributed by atoms with Gasteiger partial charge in [0.1, 0.15) is 5.01 Å². The second-order valence-electron chi connectivity index (χ2n) is 4.57. The average molecular weight is 291 g/mol. The number of carbonyl (C=O) groups excluding carboxylic acids is 1. The van der Waals surface area contributed by atoms with E-state index in [4.69, 9.17) is 5.73 Å². The lowest BCUT2D eigenvalue weighted by molar-refractivity contribution is -0.118. The zero-order chi connectivity index (χ0) is 12.5. The molecule has 1 aromatic heterocycles. The van der Waals surface area contributed by atoms with E-state index in [1.807, 2.05) is 0 Å². The van der Waals surface area contributed by atoms with Gasteiger partial charge in [-0.05, 0) is 25.7 Å². The summed E-state index contributed by atoms with van der Waals surface area (Å²) in [5.74, 6) is 0.302. The molecule has 5 nitrogen and oxygen atoms in total. The van der Waals surface area contributed by atoms with E-state index >= 15 is 0 Å². The summed E-state index contributed by atoms with van der Waals surface area (Å²) in [5, 5.41) is 12.4. The Hall–Kier alpha value is -0.720. The number of carbonyl (C=O) groups is 1. The van der Waals surface area contributed by atoms with Crippen LogP contribution in [0.4, 0.5) is 5.13 Å². The normalized spacial score (nSPS) is 16.2. The van der Waals surface area contributed by atoms with Crippen LogP contribution < -0.4 is 11.1 Å². The van der Waals surface area contributed by atoms with Gasteiger partial charge in [0.2, 0.25) is 11.0 Å². The molecule has 1 amide bonds. The molecule has 0 aliphatic heterocycles. The van der Waals surface area contributed by atoms with Crippen molar-refractivity contribution in [3.63, 3.8) is 0 Å². The first-order valence-corrected chi connectivity index (χ1v) is 6.84. The van der Waals surface area contributed by atoms with Crippen LogP contribution in [0.2, 0.25) is 0 Å². The first-order chi connectivity index (χ1) is 8.09. The van der Waals surface area contributed by atoms with Gasteiger partial charge in [0, 0.05) is 5.92 Å². The molecule has 1 aromatic rings. The van der Waals surface area contributed by atoms with Crippen LogP contribution in [0.3, 0.4) is 0 Å². The lowest BCUT2D eigenvalue weighted by atomic mass is 10.1. The number of rotatable bonds is 5. The molecule has 0 radical (unpaired) electrons. The standard InChI is InChI=1S/C11H18N4OS.ClH/c1-3-7(4-2)8-14-15-10(17-8)13-9(16)11(12)5-6-11;/h7H,3-6,12H2,1-2H3,(H,13,15,16);1H. The topological polar surface area (TPSA) is 80.9 Å². The summed E-state index contributed by atoms with van der Waals surface area (Å²) in [6.45, 7) is 4.26. The predicted molar refractivity (Wildman–Crippen MR) is 75.3 cm³/mol. The summed E-state index contributed by atoms with van der Waals surface area (Å²) in [4.78, 5) is 11.7. The number of halogens is 1. The molecular weight excluding hydrogens is 272 g/mol. The van der Waals surface area contributed by atoms with Gasteiger partial charge >= 0.3 is 0 Å². The number of nitrogens with two attached hydrogens (primary N) is 1. The van der Waals surface area contributed by atoms with Gasteiger partial charge in [0.25, 0.3) is 0 Å². The minimum Gasteiger partial charge on any atom is -0.317 e. The lowest BCUT2D eigenvalue weighted by Crippen LogP contribution is -2.37. The fourth-order valence-electron chi connectivity index (χ4n) is 1.67. The van der Waals surface area contributed by atoms with Crippen molar-refractivity contribution in [2.24, 2.45) is 5.73 Å². The Kier molecular flexibility index (Phi) is 5.07. The van der Waals surface area contributed by atoms with E-state index in [2.05, 4.69) is 29.4 Å². The van der Waals surface area contributed by atoms with Gasteiger partial charge in [-0.15, -0.1) is 22.6 Å². The van der Waals surface area contributed by atoms with Crippen LogP contribution in [0.25, 0.3) is 0 Å². The summed E-state index contributed by atoms with van der Waals surface area (Å²) in [7, 11) is 0. The van der Waals surface area contributed by atoms with Gasteiger partial charge in [-0.25, -0.2) is 0 Å². The van der Waals surface area contributed by atoms with E-state index in [1.54, 1.807) is 0 Å². The fraction of sp³-hybridized carbons (Fsp3) is 0.727. The summed E-state index contributed by atoms with van der Waals surface area (Å²) in [5.41, 5.74) is 5.15. The maximum atomic E-state index is 11.7. The minimum absolute atomic E-state index is 0. The second kappa shape index (κ2) is 5.95. The van der Waals surface area contributed by atoms with Gasteiger partial charge in [-0.2, -0.15) is 0 Å². The van der Waals surface area contributed by atoms with E-state index in [-0.39, 0.29) is 18.3 Å². The summed E-state index contributed by atoms with van der Waals surface area (Å²) >= 11 is 1.45. The number of hydrogen-bond acceptors (Lipinski definition) is 5. The molecule has 3 N–H and O–H groups in total. The van der Waals surface area contributed by atoms with Gasteiger partial charge in [-0.1, -0.05) is 25.2 Å². The van der Waals surface area contributed by atoms with E-state index in [1.165, 1.54) is 11.3 Å². The molecule has 0 saturated heterocycles. The number of anilines is 1. The van der Waals surface area contributed by atoms with Gasteiger partial charge in [0.15, 0.2) is 0 Å². The highest BCUT2D eigenvalue weighted by molar-refractivity contribution is 7.15. The van der Waals surface area contributed by atoms with Crippen LogP contribution in [0.15, 0.2) is 0 Å². The minimum atomic E-state index is -0.652. The largest absolute Gasteiger partial charge is 0.317 e. The van der Waals surface area contributed by atoms with Crippen molar-refractivity contribution in [1.29, 1.82) is 0 Å². The molecule has 0 bridgehead atoms. The molecule has 0 aromatic carbocycles. The monoisotopic (exact) mass is 290 g/mol. The first kappa shape index (κ1) is 15.3. The fourth-order valence-corrected chi connectivity index (χ4v) is 2.68. The van der Waals surface area contributed by atoms with Crippen LogP contribution in [-0.2, 0) is 4.79 Å². The highest BCUT2D eigenvalue weighted by Gasteiger charge is 2.46. The molecule has 1 heterocycles. The third-order valence-electron chi connectivity index (χ3n) is 3.24. The van der Waals surface area contributed by atoms with Crippen molar-refractivity contribution >= 4 is 34.8 Å². The number of amides is 1. The molecule has 18 heavy (non-hydrogen) atoms. The first-order valence-electron chi connectivity index (χ1n) is 6.02. The summed E-state index contributed by atoms with van der Waals surface area (Å²) in [6, 6.07) is 0. The Morgan fingerprint density at radius 1 is 1.44 bits per heavy atom. The van der Waals surface area contributed by atoms with Crippen LogP contribution in [0.1, 0.15) is 50.5 Å². The quantitative estimate of drug-likeness (QED) is 0.872. The average Bonchev–Trinajstić information content (AvgIpc) is 2.90. The summed E-state index contributed by atoms with van der Waals surface area (Å²) in [6.07, 6.45) is 3.61. The van der Waals surface area contributed by atoms with Crippen molar-refractivity contribution in [3.05, 3.63) is 5.01 Å². The molecular formula is C11H19ClN4OS. The van der Waals surface area contributed by atoms with Crippen molar-refractivity contribution in [2.75, 3.05) is 5.32 Å². The molecule has 7 heteroatoms. The van der Waals surface area contributed by atoms with Crippen LogP contribution >= 0.6 is 23.7 Å². The molecule has 2 rings (SSSR count). The smallest absolute Gasteiger partial charge is 0.246 e. The maximum Gasteiger partial charge on any atom is 0.246 e. The second-order valence-corrected chi connectivity index (χ2v) is 5.58. The zero-order valence-corrected chi connectivity index (χ0v) is 12.2. The SMILES string of the molecule is CCC(CC)c1nnc(NC(=O)C2(N)CC2)s1.Cl. The highest BCUT2D eigenvalue weighted by atomic mass is 35.5. The third-order valence-corrected chi connectivity index (χ3v) is 4.24. The Morgan fingerprint density at radius 2 is 2.06 bits per heavy atom. The maximum absolute atomic E-state index is 11.7. The van der Waals surface area contributed by atoms with Gasteiger partial charge < -0.3 is 5.73 Å². The Balaban J connectivity index is 0.00000162. The molecule has 1 aliphatic rings. The van der Waals surface area contributed by atoms with Gasteiger partial charge in [0.05, 0.1) is 5.54 Å². The van der Waals surface area contributed by atoms with Crippen molar-refractivity contribution in [1.82, 2.24) is 10.2 Å². The van der Waals surface area contributed by atoms with Crippen molar-refractivity contribution in [2.45, 2.75) is 51.0 Å². The van der Waals surface area contributed by atoms with Crippen LogP contribution in [0.5, 0.6) is 0 Å². The van der Waals surface area contributed by atoms with E-state index < -0.39 is 5.54 Å². The van der Waals surface area contributed by atoms with Crippen molar-refractivity contribution in [3.8, 4) is 0 Å². The molecule has 0 spiro atoms. The third kappa shape index (κ3) is 3.18. The van der Waals surface area contributed by atoms with Crippen LogP contribution in [0, 0.1) is 0 Å². The molecule has 1 aliphatic carbocycles. The van der Waals surface area contributed by atoms with Crippen molar-refractivity contribution < 1.29 is 4.79 Å².